The zero-order valence-electron chi connectivity index (χ0n) is 13.7. The van der Waals surface area contributed by atoms with Gasteiger partial charge in [-0.15, -0.1) is 0 Å². The first-order chi connectivity index (χ1) is 10.7. The van der Waals surface area contributed by atoms with Crippen molar-refractivity contribution in [2.24, 2.45) is 0 Å². The minimum absolute atomic E-state index is 0.0945. The highest BCUT2D eigenvalue weighted by atomic mass is 35.5. The summed E-state index contributed by atoms with van der Waals surface area (Å²) in [5, 5.41) is 11.8. The molecular weight excluding hydrogens is 344 g/mol. The number of carbonyl (C=O) groups excluding carboxylic acids is 1. The highest BCUT2D eigenvalue weighted by Crippen LogP contribution is 2.20. The van der Waals surface area contributed by atoms with Crippen molar-refractivity contribution in [3.8, 4) is 0 Å². The third-order valence-corrected chi connectivity index (χ3v) is 3.98. The van der Waals surface area contributed by atoms with E-state index in [1.54, 1.807) is 5.32 Å². The van der Waals surface area contributed by atoms with Gasteiger partial charge in [0.25, 0.3) is 5.91 Å². The maximum atomic E-state index is 13.9. The molecule has 0 saturated carbocycles. The minimum atomic E-state index is -3.87. The number of halogens is 3. The van der Waals surface area contributed by atoms with Crippen LogP contribution in [0.25, 0.3) is 0 Å². The van der Waals surface area contributed by atoms with Crippen molar-refractivity contribution in [3.05, 3.63) is 29.8 Å². The molecule has 9 heteroatoms. The van der Waals surface area contributed by atoms with E-state index < -0.39 is 39.3 Å². The van der Waals surface area contributed by atoms with E-state index in [2.05, 4.69) is 0 Å². The van der Waals surface area contributed by atoms with E-state index in [0.29, 0.717) is 0 Å². The number of sulfone groups is 1. The van der Waals surface area contributed by atoms with Gasteiger partial charge >= 0.3 is 0 Å². The van der Waals surface area contributed by atoms with Gasteiger partial charge in [-0.2, -0.15) is 0 Å². The molecule has 0 bridgehead atoms. The number of carbonyl (C=O) groups is 1. The quantitative estimate of drug-likeness (QED) is 0.750. The topological polar surface area (TPSA) is 83.5 Å². The van der Waals surface area contributed by atoms with Crippen LogP contribution in [0.5, 0.6) is 0 Å². The lowest BCUT2D eigenvalue weighted by molar-refractivity contribution is -0.121. The average molecular weight is 361 g/mol. The zero-order chi connectivity index (χ0) is 18.9. The Labute approximate surface area is 136 Å². The van der Waals surface area contributed by atoms with Crippen LogP contribution in [0.3, 0.4) is 0 Å². The molecule has 118 valence electrons. The average Bonchev–Trinajstić information content (AvgIpc) is 2.44. The van der Waals surface area contributed by atoms with Crippen molar-refractivity contribution in [2.45, 2.75) is 21.9 Å². The lowest BCUT2D eigenvalue weighted by Crippen LogP contribution is -2.43. The molecule has 0 saturated heterocycles. The van der Waals surface area contributed by atoms with Crippen LogP contribution in [-0.4, -0.2) is 43.2 Å². The summed E-state index contributed by atoms with van der Waals surface area (Å²) in [7, 11) is -3.52. The number of nitrogens with one attached hydrogen (secondary N) is 1. The summed E-state index contributed by atoms with van der Waals surface area (Å²) in [5.74, 6) is -1.28. The highest BCUT2D eigenvalue weighted by Gasteiger charge is 2.25. The number of hydrogen-bond acceptors (Lipinski definition) is 4. The van der Waals surface area contributed by atoms with Gasteiger partial charge in [-0.1, -0.05) is 35.3 Å². The van der Waals surface area contributed by atoms with Crippen LogP contribution in [0.15, 0.2) is 29.2 Å². The van der Waals surface area contributed by atoms with Gasteiger partial charge in [0.1, 0.15) is 12.7 Å². The monoisotopic (exact) mass is 360 g/mol. The molecular formula is C12H14Cl2FNO4S. The molecule has 0 aliphatic heterocycles. The van der Waals surface area contributed by atoms with E-state index >= 15 is 0 Å². The SMILES string of the molecule is [2H]C([2H])(F)[C@]([2H])(NC(=O)C(Cl)Cl)[C@@H](O)c1ccc(S(C)(=O)=O)cc1. The van der Waals surface area contributed by atoms with E-state index in [0.717, 1.165) is 30.5 Å². The Bertz CT molecular complexity index is 712. The van der Waals surface area contributed by atoms with Crippen LogP contribution in [0.2, 0.25) is 0 Å². The standard InChI is InChI=1S/C12H14Cl2FNO4S/c1-21(19,20)8-4-2-7(3-5-8)10(17)9(6-15)16-12(18)11(13)14/h2-5,9-11,17H,6H2,1H3,(H,16,18)/t9-,10-/m0/s1/i6D2,9D. The third-order valence-electron chi connectivity index (χ3n) is 2.46. The summed E-state index contributed by atoms with van der Waals surface area (Å²) in [6.45, 7) is -3.87. The number of hydrogen-bond donors (Lipinski definition) is 2. The van der Waals surface area contributed by atoms with Crippen molar-refractivity contribution in [3.63, 3.8) is 0 Å². The molecule has 5 nitrogen and oxygen atoms in total. The summed E-state index contributed by atoms with van der Waals surface area (Å²) < 4.78 is 58.7. The smallest absolute Gasteiger partial charge is 0.253 e. The van der Waals surface area contributed by atoms with Crippen LogP contribution in [0.4, 0.5) is 4.39 Å². The first-order valence-electron chi connectivity index (χ1n) is 6.97. The molecule has 2 N–H and O–H groups in total. The number of amides is 1. The van der Waals surface area contributed by atoms with Crippen LogP contribution in [0, 0.1) is 0 Å². The highest BCUT2D eigenvalue weighted by molar-refractivity contribution is 7.90. The van der Waals surface area contributed by atoms with Gasteiger partial charge < -0.3 is 10.4 Å². The Balaban J connectivity index is 3.26. The lowest BCUT2D eigenvalue weighted by atomic mass is 10.0. The Kier molecular flexibility index (Phi) is 4.84. The second kappa shape index (κ2) is 7.40. The molecule has 0 aliphatic rings. The largest absolute Gasteiger partial charge is 0.386 e. The summed E-state index contributed by atoms with van der Waals surface area (Å²) >= 11 is 10.6. The Morgan fingerprint density at radius 3 is 2.38 bits per heavy atom. The van der Waals surface area contributed by atoms with Crippen LogP contribution >= 0.6 is 23.2 Å². The molecule has 0 fully saturated rings. The van der Waals surface area contributed by atoms with Crippen molar-refractivity contribution in [1.29, 1.82) is 0 Å². The molecule has 0 heterocycles. The summed E-state index contributed by atoms with van der Waals surface area (Å²) in [6, 6.07) is 1.16. The maximum Gasteiger partial charge on any atom is 0.253 e. The number of rotatable bonds is 6. The van der Waals surface area contributed by atoms with Gasteiger partial charge in [0.05, 0.1) is 15.0 Å². The van der Waals surface area contributed by atoms with Gasteiger partial charge in [-0.3, -0.25) is 4.79 Å². The van der Waals surface area contributed by atoms with Crippen LogP contribution < -0.4 is 5.32 Å². The molecule has 1 aromatic rings. The van der Waals surface area contributed by atoms with Gasteiger partial charge in [0.15, 0.2) is 14.7 Å². The molecule has 2 atom stereocenters. The van der Waals surface area contributed by atoms with Gasteiger partial charge in [0, 0.05) is 6.26 Å². The molecule has 1 amide bonds. The Morgan fingerprint density at radius 1 is 1.48 bits per heavy atom. The number of aliphatic hydroxyl groups excluding tert-OH is 1. The summed E-state index contributed by atoms with van der Waals surface area (Å²) in [5.41, 5.74) is -0.195. The number of aliphatic hydroxyl groups is 1. The fraction of sp³-hybridized carbons (Fsp3) is 0.417. The molecule has 0 unspecified atom stereocenters. The minimum Gasteiger partial charge on any atom is -0.386 e. The van der Waals surface area contributed by atoms with Crippen LogP contribution in [-0.2, 0) is 14.6 Å². The summed E-state index contributed by atoms with van der Waals surface area (Å²) in [6.07, 6.45) is -1.23. The fourth-order valence-corrected chi connectivity index (χ4v) is 2.13. The zero-order valence-corrected chi connectivity index (χ0v) is 13.0. The molecule has 0 spiro atoms. The second-order valence-electron chi connectivity index (χ2n) is 4.04. The Hall–Kier alpha value is -0.890. The van der Waals surface area contributed by atoms with E-state index in [1.165, 1.54) is 0 Å². The predicted molar refractivity (Wildman–Crippen MR) is 77.9 cm³/mol. The van der Waals surface area contributed by atoms with E-state index in [9.17, 15) is 22.7 Å². The molecule has 1 aromatic carbocycles. The molecule has 21 heavy (non-hydrogen) atoms. The number of alkyl halides is 3. The van der Waals surface area contributed by atoms with Gasteiger partial charge in [-0.25, -0.2) is 12.8 Å². The molecule has 0 aromatic heterocycles. The first kappa shape index (κ1) is 13.8. The van der Waals surface area contributed by atoms with E-state index in [4.69, 9.17) is 27.3 Å². The first-order valence-corrected chi connectivity index (χ1v) is 8.24. The van der Waals surface area contributed by atoms with Crippen molar-refractivity contribution in [1.82, 2.24) is 5.32 Å². The number of benzene rings is 1. The normalized spacial score (nSPS) is 19.0. The molecule has 0 aliphatic carbocycles. The molecule has 0 radical (unpaired) electrons. The Morgan fingerprint density at radius 2 is 2.00 bits per heavy atom. The van der Waals surface area contributed by atoms with Crippen LogP contribution in [0.1, 0.15) is 15.8 Å². The third kappa shape index (κ3) is 5.10. The van der Waals surface area contributed by atoms with Gasteiger partial charge in [0.2, 0.25) is 0 Å². The van der Waals surface area contributed by atoms with E-state index in [1.807, 2.05) is 0 Å². The molecule has 1 rings (SSSR count). The van der Waals surface area contributed by atoms with E-state index in [-0.39, 0.29) is 10.5 Å². The van der Waals surface area contributed by atoms with Crippen molar-refractivity contribution < 1.29 is 26.8 Å². The summed E-state index contributed by atoms with van der Waals surface area (Å²) in [4.78, 5) is 9.70. The maximum absolute atomic E-state index is 13.9. The van der Waals surface area contributed by atoms with Gasteiger partial charge in [-0.05, 0) is 17.7 Å². The fourth-order valence-electron chi connectivity index (χ4n) is 1.39. The predicted octanol–water partition coefficient (Wildman–Crippen LogP) is 1.38. The van der Waals surface area contributed by atoms with Crippen molar-refractivity contribution >= 4 is 38.9 Å². The lowest BCUT2D eigenvalue weighted by Gasteiger charge is -2.22. The second-order valence-corrected chi connectivity index (χ2v) is 7.15. The van der Waals surface area contributed by atoms with Crippen molar-refractivity contribution in [2.75, 3.05) is 12.9 Å².